The molecule has 6 heteroatoms. The predicted octanol–water partition coefficient (Wildman–Crippen LogP) is 17.3. The van der Waals surface area contributed by atoms with Gasteiger partial charge in [-0.15, -0.1) is 0 Å². The molecule has 0 aromatic heterocycles. The first-order chi connectivity index (χ1) is 31.0. The van der Waals surface area contributed by atoms with Gasteiger partial charge in [-0.2, -0.15) is 0 Å². The number of aliphatic hydroxyl groups excluding tert-OH is 2. The monoisotopic (exact) mass is 890 g/mol. The lowest BCUT2D eigenvalue weighted by molar-refractivity contribution is -0.151. The second-order valence-electron chi connectivity index (χ2n) is 19.7. The maximum atomic E-state index is 13.2. The Balaban J connectivity index is 4.40. The zero-order valence-corrected chi connectivity index (χ0v) is 42.7. The number of carbonyl (C=O) groups is 2. The molecule has 1 amide bonds. The summed E-state index contributed by atoms with van der Waals surface area (Å²) in [4.78, 5) is 26.2. The number of carbonyl (C=O) groups excluding carboxylic acids is 2. The van der Waals surface area contributed by atoms with E-state index < -0.39 is 18.2 Å². The van der Waals surface area contributed by atoms with Crippen molar-refractivity contribution in [3.8, 4) is 0 Å². The molecule has 3 unspecified atom stereocenters. The smallest absolute Gasteiger partial charge is 0.306 e. The lowest BCUT2D eigenvalue weighted by atomic mass is 10.0. The lowest BCUT2D eigenvalue weighted by Crippen LogP contribution is -2.46. The highest BCUT2D eigenvalue weighted by Crippen LogP contribution is 2.19. The number of amides is 1. The standard InChI is InChI=1S/C57H111NO5/c1-4-7-10-13-16-19-22-24-26-28-29-31-33-35-38-41-44-47-50-57(62)63-53(48-45-42-39-36-21-18-15-12-9-6-3)51-56(61)58-54(52-59)55(60)49-46-43-40-37-34-32-30-27-25-23-20-17-14-11-8-5-2/h29,31,53-55,59-60H,4-28,30,32-52H2,1-3H3,(H,58,61)/b31-29+. The number of hydrogen-bond donors (Lipinski definition) is 3. The molecule has 0 aromatic rings. The van der Waals surface area contributed by atoms with E-state index in [1.54, 1.807) is 0 Å². The summed E-state index contributed by atoms with van der Waals surface area (Å²) in [6.45, 7) is 6.51. The second kappa shape index (κ2) is 51.6. The van der Waals surface area contributed by atoms with Gasteiger partial charge in [-0.05, 0) is 51.4 Å². The van der Waals surface area contributed by atoms with Crippen LogP contribution in [0.3, 0.4) is 0 Å². The van der Waals surface area contributed by atoms with Crippen molar-refractivity contribution >= 4 is 11.9 Å². The molecule has 3 atom stereocenters. The van der Waals surface area contributed by atoms with Crippen LogP contribution in [0.15, 0.2) is 12.2 Å². The summed E-state index contributed by atoms with van der Waals surface area (Å²) >= 11 is 0. The summed E-state index contributed by atoms with van der Waals surface area (Å²) in [7, 11) is 0. The minimum absolute atomic E-state index is 0.0814. The molecule has 374 valence electrons. The first kappa shape index (κ1) is 61.6. The number of unbranched alkanes of at least 4 members (excludes halogenated alkanes) is 38. The van der Waals surface area contributed by atoms with Gasteiger partial charge in [0, 0.05) is 6.42 Å². The van der Waals surface area contributed by atoms with Crippen LogP contribution in [0.1, 0.15) is 316 Å². The minimum Gasteiger partial charge on any atom is -0.462 e. The molecule has 63 heavy (non-hydrogen) atoms. The average Bonchev–Trinajstić information content (AvgIpc) is 3.28. The van der Waals surface area contributed by atoms with Crippen molar-refractivity contribution in [3.05, 3.63) is 12.2 Å². The molecule has 0 radical (unpaired) electrons. The van der Waals surface area contributed by atoms with Crippen LogP contribution in [0.2, 0.25) is 0 Å². The Morgan fingerprint density at radius 3 is 1.13 bits per heavy atom. The first-order valence-electron chi connectivity index (χ1n) is 28.4. The van der Waals surface area contributed by atoms with E-state index in [1.807, 2.05) is 0 Å². The molecule has 0 heterocycles. The van der Waals surface area contributed by atoms with Crippen molar-refractivity contribution in [1.82, 2.24) is 5.32 Å². The molecule has 0 saturated heterocycles. The highest BCUT2D eigenvalue weighted by Gasteiger charge is 2.24. The van der Waals surface area contributed by atoms with Gasteiger partial charge in [0.1, 0.15) is 6.10 Å². The maximum absolute atomic E-state index is 13.2. The topological polar surface area (TPSA) is 95.9 Å². The maximum Gasteiger partial charge on any atom is 0.306 e. The normalized spacial score (nSPS) is 13.2. The van der Waals surface area contributed by atoms with Gasteiger partial charge >= 0.3 is 5.97 Å². The average molecular weight is 891 g/mol. The minimum atomic E-state index is -0.783. The summed E-state index contributed by atoms with van der Waals surface area (Å²) in [5.41, 5.74) is 0. The number of allylic oxidation sites excluding steroid dienone is 2. The third-order valence-electron chi connectivity index (χ3n) is 13.3. The molecule has 0 fully saturated rings. The largest absolute Gasteiger partial charge is 0.462 e. The molecule has 0 bridgehead atoms. The number of rotatable bonds is 52. The Morgan fingerprint density at radius 1 is 0.444 bits per heavy atom. The number of nitrogens with one attached hydrogen (secondary N) is 1. The van der Waals surface area contributed by atoms with Crippen molar-refractivity contribution in [2.24, 2.45) is 0 Å². The van der Waals surface area contributed by atoms with Crippen molar-refractivity contribution in [3.63, 3.8) is 0 Å². The van der Waals surface area contributed by atoms with E-state index in [2.05, 4.69) is 38.2 Å². The molecule has 0 aliphatic carbocycles. The van der Waals surface area contributed by atoms with Crippen molar-refractivity contribution < 1.29 is 24.5 Å². The van der Waals surface area contributed by atoms with E-state index in [4.69, 9.17) is 4.74 Å². The Morgan fingerprint density at radius 2 is 0.762 bits per heavy atom. The SMILES string of the molecule is CCCCCCCCCCC/C=C/CCCCCCCC(=O)OC(CCCCCCCCCCCC)CC(=O)NC(CO)C(O)CCCCCCCCCCCCCCCCCC. The molecule has 0 saturated carbocycles. The molecular formula is C57H111NO5. The van der Waals surface area contributed by atoms with E-state index in [9.17, 15) is 19.8 Å². The van der Waals surface area contributed by atoms with Crippen LogP contribution < -0.4 is 5.32 Å². The van der Waals surface area contributed by atoms with E-state index in [0.29, 0.717) is 19.3 Å². The van der Waals surface area contributed by atoms with Gasteiger partial charge in [0.05, 0.1) is 25.2 Å². The third-order valence-corrected chi connectivity index (χ3v) is 13.3. The summed E-state index contributed by atoms with van der Waals surface area (Å²) in [6.07, 6.45) is 58.5. The number of aliphatic hydroxyl groups is 2. The van der Waals surface area contributed by atoms with Gasteiger partial charge < -0.3 is 20.3 Å². The molecule has 0 aliphatic rings. The second-order valence-corrected chi connectivity index (χ2v) is 19.7. The Labute approximate surface area is 393 Å². The fourth-order valence-electron chi connectivity index (χ4n) is 9.02. The van der Waals surface area contributed by atoms with Gasteiger partial charge in [-0.25, -0.2) is 0 Å². The van der Waals surface area contributed by atoms with Gasteiger partial charge in [-0.3, -0.25) is 9.59 Å². The Kier molecular flexibility index (Phi) is 50.4. The summed E-state index contributed by atoms with van der Waals surface area (Å²) < 4.78 is 5.94. The number of ether oxygens (including phenoxy) is 1. The van der Waals surface area contributed by atoms with Crippen LogP contribution in [0.25, 0.3) is 0 Å². The fourth-order valence-corrected chi connectivity index (χ4v) is 9.02. The predicted molar refractivity (Wildman–Crippen MR) is 273 cm³/mol. The number of esters is 1. The van der Waals surface area contributed by atoms with Crippen molar-refractivity contribution in [2.45, 2.75) is 334 Å². The van der Waals surface area contributed by atoms with Crippen LogP contribution in [-0.2, 0) is 14.3 Å². The fraction of sp³-hybridized carbons (Fsp3) is 0.930. The Hall–Kier alpha value is -1.40. The van der Waals surface area contributed by atoms with Gasteiger partial charge in [0.2, 0.25) is 5.91 Å². The van der Waals surface area contributed by atoms with E-state index in [0.717, 1.165) is 51.4 Å². The molecule has 0 rings (SSSR count). The summed E-state index contributed by atoms with van der Waals surface area (Å²) in [6, 6.07) is -0.697. The molecule has 3 N–H and O–H groups in total. The van der Waals surface area contributed by atoms with Gasteiger partial charge in [0.15, 0.2) is 0 Å². The van der Waals surface area contributed by atoms with Crippen molar-refractivity contribution in [1.29, 1.82) is 0 Å². The zero-order valence-electron chi connectivity index (χ0n) is 42.7. The summed E-state index contributed by atoms with van der Waals surface area (Å²) in [5, 5.41) is 23.8. The third kappa shape index (κ3) is 46.9. The van der Waals surface area contributed by atoms with Crippen LogP contribution >= 0.6 is 0 Å². The molecule has 0 spiro atoms. The molecule has 0 aromatic carbocycles. The first-order valence-corrected chi connectivity index (χ1v) is 28.4. The number of hydrogen-bond acceptors (Lipinski definition) is 5. The van der Waals surface area contributed by atoms with Crippen LogP contribution in [0.5, 0.6) is 0 Å². The Bertz CT molecular complexity index is 955. The molecular weight excluding hydrogens is 779 g/mol. The zero-order chi connectivity index (χ0) is 45.9. The van der Waals surface area contributed by atoms with E-state index in [-0.39, 0.29) is 24.9 Å². The van der Waals surface area contributed by atoms with Crippen LogP contribution in [-0.4, -0.2) is 46.9 Å². The van der Waals surface area contributed by atoms with E-state index >= 15 is 0 Å². The lowest BCUT2D eigenvalue weighted by Gasteiger charge is -2.24. The quantitative estimate of drug-likeness (QED) is 0.0321. The van der Waals surface area contributed by atoms with Crippen molar-refractivity contribution in [2.75, 3.05) is 6.61 Å². The molecule has 6 nitrogen and oxygen atoms in total. The summed E-state index contributed by atoms with van der Waals surface area (Å²) in [5.74, 6) is -0.464. The van der Waals surface area contributed by atoms with Crippen LogP contribution in [0, 0.1) is 0 Å². The van der Waals surface area contributed by atoms with Gasteiger partial charge in [-0.1, -0.05) is 264 Å². The van der Waals surface area contributed by atoms with Gasteiger partial charge in [0.25, 0.3) is 0 Å². The van der Waals surface area contributed by atoms with E-state index in [1.165, 1.54) is 218 Å². The highest BCUT2D eigenvalue weighted by atomic mass is 16.5. The highest BCUT2D eigenvalue weighted by molar-refractivity contribution is 5.77. The molecule has 0 aliphatic heterocycles. The van der Waals surface area contributed by atoms with Crippen LogP contribution in [0.4, 0.5) is 0 Å².